The van der Waals surface area contributed by atoms with E-state index in [2.05, 4.69) is 17.6 Å². The van der Waals surface area contributed by atoms with Crippen LogP contribution in [0.4, 0.5) is 0 Å². The van der Waals surface area contributed by atoms with Gasteiger partial charge in [-0.05, 0) is 38.7 Å². The van der Waals surface area contributed by atoms with Gasteiger partial charge in [-0.25, -0.2) is 0 Å². The molecule has 2 heteroatoms. The molecule has 1 aliphatic rings. The second kappa shape index (κ2) is 2.92. The number of hydrogen-bond acceptors (Lipinski definition) is 1. The van der Waals surface area contributed by atoms with Crippen LogP contribution in [0.25, 0.3) is 0 Å². The maximum atomic E-state index is 8.84. The third-order valence-electron chi connectivity index (χ3n) is 2.83. The molecule has 0 atom stereocenters. The van der Waals surface area contributed by atoms with Crippen LogP contribution >= 0.6 is 0 Å². The summed E-state index contributed by atoms with van der Waals surface area (Å²) in [5.41, 5.74) is 3.19. The summed E-state index contributed by atoms with van der Waals surface area (Å²) in [5, 5.41) is 8.84. The molecule has 0 amide bonds. The van der Waals surface area contributed by atoms with E-state index in [1.165, 1.54) is 18.5 Å². The quantitative estimate of drug-likeness (QED) is 0.676. The van der Waals surface area contributed by atoms with Gasteiger partial charge in [-0.1, -0.05) is 0 Å². The minimum atomic E-state index is 0.832. The second-order valence-corrected chi connectivity index (χ2v) is 3.95. The van der Waals surface area contributed by atoms with Gasteiger partial charge >= 0.3 is 0 Å². The number of nitriles is 1. The zero-order chi connectivity index (χ0) is 9.42. The fourth-order valence-electron chi connectivity index (χ4n) is 1.75. The molecule has 1 aliphatic carbocycles. The van der Waals surface area contributed by atoms with Gasteiger partial charge in [-0.3, -0.25) is 0 Å². The number of aryl methyl sites for hydroxylation is 1. The number of rotatable bonds is 2. The van der Waals surface area contributed by atoms with Crippen molar-refractivity contribution in [3.05, 3.63) is 23.0 Å². The number of aromatic nitrogens is 1. The lowest BCUT2D eigenvalue weighted by molar-refractivity contribution is 0.602. The Kier molecular flexibility index (Phi) is 1.88. The summed E-state index contributed by atoms with van der Waals surface area (Å²) in [7, 11) is 0. The monoisotopic (exact) mass is 174 g/mol. The van der Waals surface area contributed by atoms with Gasteiger partial charge in [-0.2, -0.15) is 5.26 Å². The number of hydrogen-bond donors (Lipinski definition) is 0. The van der Waals surface area contributed by atoms with Gasteiger partial charge in [-0.15, -0.1) is 0 Å². The van der Waals surface area contributed by atoms with Crippen molar-refractivity contribution in [2.45, 2.75) is 33.2 Å². The van der Waals surface area contributed by atoms with Gasteiger partial charge < -0.3 is 4.57 Å². The molecule has 0 radical (unpaired) electrons. The first-order valence-electron chi connectivity index (χ1n) is 4.79. The first-order valence-corrected chi connectivity index (χ1v) is 4.79. The molecule has 2 rings (SSSR count). The zero-order valence-electron chi connectivity index (χ0n) is 8.17. The standard InChI is InChI=1S/C11H14N2/c1-8-5-11(6-12)9(2)13(8)7-10-3-4-10/h5,10H,3-4,7H2,1-2H3. The van der Waals surface area contributed by atoms with Crippen LogP contribution in [-0.2, 0) is 6.54 Å². The smallest absolute Gasteiger partial charge is 0.101 e. The van der Waals surface area contributed by atoms with Crippen molar-refractivity contribution in [1.29, 1.82) is 5.26 Å². The van der Waals surface area contributed by atoms with Crippen molar-refractivity contribution in [2.75, 3.05) is 0 Å². The summed E-state index contributed by atoms with van der Waals surface area (Å²) >= 11 is 0. The summed E-state index contributed by atoms with van der Waals surface area (Å²) in [6.07, 6.45) is 2.72. The molecule has 1 fully saturated rings. The molecule has 1 saturated carbocycles. The van der Waals surface area contributed by atoms with E-state index in [4.69, 9.17) is 5.26 Å². The Balaban J connectivity index is 2.32. The van der Waals surface area contributed by atoms with Crippen LogP contribution in [0.5, 0.6) is 0 Å². The van der Waals surface area contributed by atoms with Gasteiger partial charge in [0.25, 0.3) is 0 Å². The van der Waals surface area contributed by atoms with Crippen molar-refractivity contribution in [2.24, 2.45) is 5.92 Å². The fraction of sp³-hybridized carbons (Fsp3) is 0.545. The lowest BCUT2D eigenvalue weighted by Crippen LogP contribution is -2.03. The molecular weight excluding hydrogens is 160 g/mol. The topological polar surface area (TPSA) is 28.7 Å². The Bertz CT molecular complexity index is 364. The third kappa shape index (κ3) is 1.47. The Morgan fingerprint density at radius 3 is 2.69 bits per heavy atom. The Morgan fingerprint density at radius 1 is 1.54 bits per heavy atom. The maximum Gasteiger partial charge on any atom is 0.101 e. The zero-order valence-corrected chi connectivity index (χ0v) is 8.17. The normalized spacial score (nSPS) is 15.8. The maximum absolute atomic E-state index is 8.84. The lowest BCUT2D eigenvalue weighted by atomic mass is 10.3. The van der Waals surface area contributed by atoms with Crippen LogP contribution < -0.4 is 0 Å². The van der Waals surface area contributed by atoms with Crippen molar-refractivity contribution < 1.29 is 0 Å². The molecule has 13 heavy (non-hydrogen) atoms. The largest absolute Gasteiger partial charge is 0.348 e. The van der Waals surface area contributed by atoms with Crippen LogP contribution in [0.1, 0.15) is 29.8 Å². The van der Waals surface area contributed by atoms with Gasteiger partial charge in [0.1, 0.15) is 6.07 Å². The summed E-state index contributed by atoms with van der Waals surface area (Å²) in [6.45, 7) is 5.23. The predicted molar refractivity (Wildman–Crippen MR) is 51.3 cm³/mol. The molecule has 0 N–H and O–H groups in total. The Morgan fingerprint density at radius 2 is 2.23 bits per heavy atom. The van der Waals surface area contributed by atoms with Crippen LogP contribution in [-0.4, -0.2) is 4.57 Å². The fourth-order valence-corrected chi connectivity index (χ4v) is 1.75. The van der Waals surface area contributed by atoms with E-state index in [1.807, 2.05) is 13.0 Å². The summed E-state index contributed by atoms with van der Waals surface area (Å²) in [6, 6.07) is 4.21. The van der Waals surface area contributed by atoms with Crippen molar-refractivity contribution in [3.8, 4) is 6.07 Å². The minimum absolute atomic E-state index is 0.832. The molecule has 1 heterocycles. The lowest BCUT2D eigenvalue weighted by Gasteiger charge is -2.07. The SMILES string of the molecule is Cc1cc(C#N)c(C)n1CC1CC1. The minimum Gasteiger partial charge on any atom is -0.348 e. The molecule has 1 aromatic heterocycles. The van der Waals surface area contributed by atoms with Crippen molar-refractivity contribution >= 4 is 0 Å². The van der Waals surface area contributed by atoms with Gasteiger partial charge in [0.15, 0.2) is 0 Å². The molecule has 0 saturated heterocycles. The molecule has 1 aromatic rings. The molecule has 0 spiro atoms. The highest BCUT2D eigenvalue weighted by atomic mass is 15.0. The van der Waals surface area contributed by atoms with Crippen LogP contribution in [0.3, 0.4) is 0 Å². The van der Waals surface area contributed by atoms with Crippen LogP contribution in [0.2, 0.25) is 0 Å². The highest BCUT2D eigenvalue weighted by Crippen LogP contribution is 2.32. The summed E-state index contributed by atoms with van der Waals surface area (Å²) < 4.78 is 2.27. The molecule has 2 nitrogen and oxygen atoms in total. The van der Waals surface area contributed by atoms with E-state index >= 15 is 0 Å². The van der Waals surface area contributed by atoms with E-state index in [1.54, 1.807) is 0 Å². The van der Waals surface area contributed by atoms with E-state index < -0.39 is 0 Å². The van der Waals surface area contributed by atoms with Gasteiger partial charge in [0, 0.05) is 17.9 Å². The molecule has 0 bridgehead atoms. The summed E-state index contributed by atoms with van der Waals surface area (Å²) in [5.74, 6) is 0.872. The van der Waals surface area contributed by atoms with E-state index in [-0.39, 0.29) is 0 Å². The average molecular weight is 174 g/mol. The van der Waals surface area contributed by atoms with E-state index in [0.717, 1.165) is 23.7 Å². The van der Waals surface area contributed by atoms with Crippen molar-refractivity contribution in [1.82, 2.24) is 4.57 Å². The van der Waals surface area contributed by atoms with Gasteiger partial charge in [0.05, 0.1) is 5.56 Å². The Hall–Kier alpha value is -1.23. The molecule has 68 valence electrons. The number of nitrogens with zero attached hydrogens (tertiary/aromatic N) is 2. The second-order valence-electron chi connectivity index (χ2n) is 3.95. The molecular formula is C11H14N2. The summed E-state index contributed by atoms with van der Waals surface area (Å²) in [4.78, 5) is 0. The van der Waals surface area contributed by atoms with Gasteiger partial charge in [0.2, 0.25) is 0 Å². The average Bonchev–Trinajstić information content (AvgIpc) is 2.87. The predicted octanol–water partition coefficient (Wildman–Crippen LogP) is 2.39. The third-order valence-corrected chi connectivity index (χ3v) is 2.83. The van der Waals surface area contributed by atoms with Crippen LogP contribution in [0, 0.1) is 31.1 Å². The van der Waals surface area contributed by atoms with E-state index in [9.17, 15) is 0 Å². The highest BCUT2D eigenvalue weighted by molar-refractivity contribution is 5.37. The van der Waals surface area contributed by atoms with Crippen LogP contribution in [0.15, 0.2) is 6.07 Å². The first-order chi connectivity index (χ1) is 6.22. The van der Waals surface area contributed by atoms with E-state index in [0.29, 0.717) is 0 Å². The first kappa shape index (κ1) is 8.37. The van der Waals surface area contributed by atoms with Crippen molar-refractivity contribution in [3.63, 3.8) is 0 Å². The Labute approximate surface area is 78.8 Å². The molecule has 0 unspecified atom stereocenters. The molecule has 0 aromatic carbocycles. The molecule has 0 aliphatic heterocycles. The highest BCUT2D eigenvalue weighted by Gasteiger charge is 2.23.